The molecule has 1 saturated heterocycles. The smallest absolute Gasteiger partial charge is 0.0905 e. The molecule has 4 N–H and O–H groups in total. The van der Waals surface area contributed by atoms with Crippen LogP contribution in [0.25, 0.3) is 0 Å². The minimum Gasteiger partial charge on any atom is -0.395 e. The van der Waals surface area contributed by atoms with Crippen molar-refractivity contribution in [3.8, 4) is 0 Å². The van der Waals surface area contributed by atoms with Gasteiger partial charge in [0.2, 0.25) is 0 Å². The van der Waals surface area contributed by atoms with E-state index in [0.717, 1.165) is 32.4 Å². The monoisotopic (exact) mass is 227 g/mol. The number of amidine groups is 1. The number of aliphatic hydroxyl groups excluding tert-OH is 1. The molecule has 0 amide bonds. The second kappa shape index (κ2) is 7.63. The van der Waals surface area contributed by atoms with Crippen LogP contribution in [0.2, 0.25) is 0 Å². The van der Waals surface area contributed by atoms with Gasteiger partial charge in [-0.3, -0.25) is 10.3 Å². The van der Waals surface area contributed by atoms with Crippen LogP contribution in [0.4, 0.5) is 0 Å². The van der Waals surface area contributed by atoms with E-state index in [1.165, 1.54) is 19.3 Å². The summed E-state index contributed by atoms with van der Waals surface area (Å²) in [5.41, 5.74) is 5.32. The van der Waals surface area contributed by atoms with Crippen molar-refractivity contribution in [2.24, 2.45) is 5.73 Å². The largest absolute Gasteiger partial charge is 0.395 e. The molecule has 1 aliphatic rings. The van der Waals surface area contributed by atoms with Crippen molar-refractivity contribution in [2.45, 2.75) is 51.0 Å². The third-order valence-electron chi connectivity index (χ3n) is 3.35. The van der Waals surface area contributed by atoms with Gasteiger partial charge in [-0.15, -0.1) is 0 Å². The maximum atomic E-state index is 9.34. The minimum atomic E-state index is 0.284. The molecule has 0 bridgehead atoms. The van der Waals surface area contributed by atoms with Crippen molar-refractivity contribution < 1.29 is 5.11 Å². The van der Waals surface area contributed by atoms with Gasteiger partial charge in [0.25, 0.3) is 0 Å². The molecule has 1 unspecified atom stereocenters. The topological polar surface area (TPSA) is 73.3 Å². The van der Waals surface area contributed by atoms with Crippen molar-refractivity contribution in [3.05, 3.63) is 0 Å². The van der Waals surface area contributed by atoms with Crippen molar-refractivity contribution in [2.75, 3.05) is 19.7 Å². The Labute approximate surface area is 98.3 Å². The van der Waals surface area contributed by atoms with Crippen LogP contribution in [0.1, 0.15) is 44.9 Å². The highest BCUT2D eigenvalue weighted by Gasteiger charge is 2.19. The third-order valence-corrected chi connectivity index (χ3v) is 3.35. The summed E-state index contributed by atoms with van der Waals surface area (Å²) >= 11 is 0. The Bertz CT molecular complexity index is 208. The van der Waals surface area contributed by atoms with Gasteiger partial charge in [-0.05, 0) is 38.8 Å². The van der Waals surface area contributed by atoms with Crippen molar-refractivity contribution >= 4 is 5.84 Å². The molecule has 0 aromatic carbocycles. The van der Waals surface area contributed by atoms with E-state index < -0.39 is 0 Å². The summed E-state index contributed by atoms with van der Waals surface area (Å²) in [5.74, 6) is 0.287. The molecule has 16 heavy (non-hydrogen) atoms. The molecule has 0 aliphatic carbocycles. The zero-order valence-corrected chi connectivity index (χ0v) is 10.1. The van der Waals surface area contributed by atoms with E-state index in [9.17, 15) is 5.11 Å². The molecule has 4 heteroatoms. The van der Waals surface area contributed by atoms with Gasteiger partial charge in [-0.25, -0.2) is 0 Å². The average molecular weight is 227 g/mol. The molecule has 94 valence electrons. The summed E-state index contributed by atoms with van der Waals surface area (Å²) in [5, 5.41) is 16.5. The van der Waals surface area contributed by atoms with E-state index in [1.54, 1.807) is 0 Å². The fourth-order valence-electron chi connectivity index (χ4n) is 2.37. The van der Waals surface area contributed by atoms with Crippen LogP contribution in [0.3, 0.4) is 0 Å². The van der Waals surface area contributed by atoms with Crippen LogP contribution >= 0.6 is 0 Å². The summed E-state index contributed by atoms with van der Waals surface area (Å²) in [4.78, 5) is 2.41. The summed E-state index contributed by atoms with van der Waals surface area (Å²) < 4.78 is 0. The maximum Gasteiger partial charge on any atom is 0.0905 e. The Morgan fingerprint density at radius 1 is 1.31 bits per heavy atom. The number of rotatable bonds is 6. The predicted octanol–water partition coefficient (Wildman–Crippen LogP) is 1.33. The molecule has 0 radical (unpaired) electrons. The van der Waals surface area contributed by atoms with E-state index in [-0.39, 0.29) is 12.4 Å². The molecule has 1 heterocycles. The number of nitrogens with zero attached hydrogens (tertiary/aromatic N) is 1. The number of unbranched alkanes of at least 4 members (excludes halogenated alkanes) is 1. The van der Waals surface area contributed by atoms with Crippen molar-refractivity contribution in [1.82, 2.24) is 4.90 Å². The summed E-state index contributed by atoms with van der Waals surface area (Å²) in [6.07, 6.45) is 7.69. The number of likely N-dealkylation sites (tertiary alicyclic amines) is 1. The van der Waals surface area contributed by atoms with Crippen LogP contribution < -0.4 is 5.73 Å². The maximum absolute atomic E-state index is 9.34. The van der Waals surface area contributed by atoms with Crippen molar-refractivity contribution in [1.29, 1.82) is 5.41 Å². The van der Waals surface area contributed by atoms with Crippen LogP contribution in [-0.2, 0) is 0 Å². The lowest BCUT2D eigenvalue weighted by atomic mass is 10.1. The highest BCUT2D eigenvalue weighted by Crippen LogP contribution is 2.17. The Morgan fingerprint density at radius 2 is 2.12 bits per heavy atom. The van der Waals surface area contributed by atoms with Gasteiger partial charge in [0.1, 0.15) is 0 Å². The highest BCUT2D eigenvalue weighted by atomic mass is 16.3. The zero-order chi connectivity index (χ0) is 11.8. The normalized spacial score (nSPS) is 22.9. The molecule has 0 spiro atoms. The lowest BCUT2D eigenvalue weighted by Crippen LogP contribution is -2.38. The minimum absolute atomic E-state index is 0.284. The third kappa shape index (κ3) is 4.94. The van der Waals surface area contributed by atoms with Crippen LogP contribution in [-0.4, -0.2) is 41.6 Å². The van der Waals surface area contributed by atoms with E-state index in [0.29, 0.717) is 12.5 Å². The molecule has 1 aliphatic heterocycles. The summed E-state index contributed by atoms with van der Waals surface area (Å²) in [6.45, 7) is 2.44. The van der Waals surface area contributed by atoms with E-state index in [4.69, 9.17) is 11.1 Å². The lowest BCUT2D eigenvalue weighted by Gasteiger charge is -2.28. The molecule has 1 atom stereocenters. The van der Waals surface area contributed by atoms with E-state index >= 15 is 0 Å². The lowest BCUT2D eigenvalue weighted by molar-refractivity contribution is 0.123. The number of nitrogens with one attached hydrogen (secondary N) is 1. The Morgan fingerprint density at radius 3 is 2.81 bits per heavy atom. The molecule has 0 aromatic rings. The quantitative estimate of drug-likeness (QED) is 0.364. The van der Waals surface area contributed by atoms with Crippen LogP contribution in [0.15, 0.2) is 0 Å². The Kier molecular flexibility index (Phi) is 6.42. The van der Waals surface area contributed by atoms with Crippen LogP contribution in [0.5, 0.6) is 0 Å². The van der Waals surface area contributed by atoms with Gasteiger partial charge in [0, 0.05) is 12.5 Å². The Balaban J connectivity index is 2.23. The number of hydrogen-bond donors (Lipinski definition) is 3. The summed E-state index contributed by atoms with van der Waals surface area (Å²) in [7, 11) is 0. The SMILES string of the molecule is N=C(N)CCCCN1CCCCCC1CO. The van der Waals surface area contributed by atoms with E-state index in [1.807, 2.05) is 0 Å². The Hall–Kier alpha value is -0.610. The molecule has 1 fully saturated rings. The van der Waals surface area contributed by atoms with Gasteiger partial charge >= 0.3 is 0 Å². The first-order chi connectivity index (χ1) is 7.74. The zero-order valence-electron chi connectivity index (χ0n) is 10.1. The predicted molar refractivity (Wildman–Crippen MR) is 66.7 cm³/mol. The van der Waals surface area contributed by atoms with Gasteiger partial charge in [-0.2, -0.15) is 0 Å². The first-order valence-electron chi connectivity index (χ1n) is 6.42. The molecular formula is C12H25N3O. The molecule has 0 aromatic heterocycles. The number of aliphatic hydroxyl groups is 1. The van der Waals surface area contributed by atoms with Gasteiger partial charge in [0.15, 0.2) is 0 Å². The summed E-state index contributed by atoms with van der Waals surface area (Å²) in [6, 6.07) is 0.361. The van der Waals surface area contributed by atoms with Crippen LogP contribution in [0, 0.1) is 5.41 Å². The standard InChI is InChI=1S/C12H25N3O/c13-12(14)7-3-5-9-15-8-4-1-2-6-11(15)10-16/h11,16H,1-10H2,(H3,13,14). The fourth-order valence-corrected chi connectivity index (χ4v) is 2.37. The van der Waals surface area contributed by atoms with E-state index in [2.05, 4.69) is 4.90 Å². The molecule has 4 nitrogen and oxygen atoms in total. The second-order valence-electron chi connectivity index (χ2n) is 4.70. The highest BCUT2D eigenvalue weighted by molar-refractivity contribution is 5.76. The first-order valence-corrected chi connectivity index (χ1v) is 6.42. The second-order valence-corrected chi connectivity index (χ2v) is 4.70. The van der Waals surface area contributed by atoms with Gasteiger partial charge in [-0.1, -0.05) is 12.8 Å². The average Bonchev–Trinajstić information content (AvgIpc) is 2.48. The molecular weight excluding hydrogens is 202 g/mol. The fraction of sp³-hybridized carbons (Fsp3) is 0.917. The number of hydrogen-bond acceptors (Lipinski definition) is 3. The molecule has 1 rings (SSSR count). The first kappa shape index (κ1) is 13.5. The number of nitrogens with two attached hydrogens (primary N) is 1. The molecule has 0 saturated carbocycles. The van der Waals surface area contributed by atoms with Gasteiger partial charge in [0.05, 0.1) is 12.4 Å². The van der Waals surface area contributed by atoms with Crippen molar-refractivity contribution in [3.63, 3.8) is 0 Å². The van der Waals surface area contributed by atoms with Gasteiger partial charge < -0.3 is 10.8 Å².